The van der Waals surface area contributed by atoms with Gasteiger partial charge in [0.15, 0.2) is 5.16 Å². The van der Waals surface area contributed by atoms with Crippen molar-refractivity contribution in [3.8, 4) is 6.07 Å². The summed E-state index contributed by atoms with van der Waals surface area (Å²) in [6.07, 6.45) is 0. The average Bonchev–Trinajstić information content (AvgIpc) is 2.83. The van der Waals surface area contributed by atoms with Gasteiger partial charge in [0, 0.05) is 32.7 Å². The van der Waals surface area contributed by atoms with E-state index < -0.39 is 5.25 Å². The molecule has 2 aromatic carbocycles. The molecule has 31 heavy (non-hydrogen) atoms. The number of hydrogen-bond acceptors (Lipinski definition) is 6. The number of carbonyl (C=O) groups is 1. The molecule has 3 aromatic rings. The number of benzene rings is 2. The van der Waals surface area contributed by atoms with Crippen LogP contribution in [-0.4, -0.2) is 46.5 Å². The van der Waals surface area contributed by atoms with Crippen molar-refractivity contribution in [1.82, 2.24) is 19.8 Å². The Balaban J connectivity index is 1.78. The van der Waals surface area contributed by atoms with Crippen LogP contribution in [0.15, 0.2) is 58.5 Å². The van der Waals surface area contributed by atoms with E-state index in [-0.39, 0.29) is 11.5 Å². The molecule has 1 aliphatic rings. The standard InChI is InChI=1S/C23H23N5O2S/c1-2-28-21(29)18-14-16(15-24)8-9-19(18)26-23(28)31-20(17-6-4-3-5-7-17)22(30)27-12-10-25-11-13-27/h3-9,14,20,25H,2,10-13H2,1H3. The van der Waals surface area contributed by atoms with Crippen LogP contribution in [0.4, 0.5) is 0 Å². The molecule has 2 heterocycles. The van der Waals surface area contributed by atoms with Crippen molar-refractivity contribution in [2.24, 2.45) is 0 Å². The van der Waals surface area contributed by atoms with Gasteiger partial charge in [0.1, 0.15) is 5.25 Å². The predicted octanol–water partition coefficient (Wildman–Crippen LogP) is 2.55. The van der Waals surface area contributed by atoms with Crippen LogP contribution >= 0.6 is 11.8 Å². The van der Waals surface area contributed by atoms with E-state index in [2.05, 4.69) is 11.4 Å². The van der Waals surface area contributed by atoms with Crippen molar-refractivity contribution in [3.05, 3.63) is 70.0 Å². The van der Waals surface area contributed by atoms with Crippen molar-refractivity contribution < 1.29 is 4.79 Å². The van der Waals surface area contributed by atoms with Gasteiger partial charge in [0.2, 0.25) is 5.91 Å². The van der Waals surface area contributed by atoms with Gasteiger partial charge < -0.3 is 10.2 Å². The van der Waals surface area contributed by atoms with Crippen LogP contribution in [0.5, 0.6) is 0 Å². The number of hydrogen-bond donors (Lipinski definition) is 1. The van der Waals surface area contributed by atoms with Gasteiger partial charge in [-0.05, 0) is 30.7 Å². The van der Waals surface area contributed by atoms with E-state index in [0.717, 1.165) is 18.7 Å². The Morgan fingerprint density at radius 3 is 2.65 bits per heavy atom. The highest BCUT2D eigenvalue weighted by molar-refractivity contribution is 8.00. The Morgan fingerprint density at radius 1 is 1.23 bits per heavy atom. The first-order valence-electron chi connectivity index (χ1n) is 10.3. The molecule has 7 nitrogen and oxygen atoms in total. The molecule has 1 aromatic heterocycles. The summed E-state index contributed by atoms with van der Waals surface area (Å²) >= 11 is 1.31. The Hall–Kier alpha value is -3.15. The summed E-state index contributed by atoms with van der Waals surface area (Å²) in [5, 5.41) is 12.9. The van der Waals surface area contributed by atoms with Gasteiger partial charge in [-0.25, -0.2) is 4.98 Å². The smallest absolute Gasteiger partial charge is 0.262 e. The summed E-state index contributed by atoms with van der Waals surface area (Å²) < 4.78 is 1.58. The van der Waals surface area contributed by atoms with Crippen molar-refractivity contribution in [2.45, 2.75) is 23.9 Å². The molecule has 4 rings (SSSR count). The number of aromatic nitrogens is 2. The molecule has 0 aliphatic carbocycles. The minimum Gasteiger partial charge on any atom is -0.339 e. The van der Waals surface area contributed by atoms with E-state index in [9.17, 15) is 9.59 Å². The highest BCUT2D eigenvalue weighted by atomic mass is 32.2. The fraction of sp³-hybridized carbons (Fsp3) is 0.304. The molecule has 1 amide bonds. The van der Waals surface area contributed by atoms with Gasteiger partial charge in [-0.3, -0.25) is 14.2 Å². The SMILES string of the molecule is CCn1c(SC(C(=O)N2CCNCC2)c2ccccc2)nc2ccc(C#N)cc2c1=O. The molecule has 0 bridgehead atoms. The molecule has 0 radical (unpaired) electrons. The van der Waals surface area contributed by atoms with Crippen LogP contribution in [0.3, 0.4) is 0 Å². The molecule has 1 saturated heterocycles. The molecule has 0 saturated carbocycles. The van der Waals surface area contributed by atoms with E-state index in [1.807, 2.05) is 42.2 Å². The minimum absolute atomic E-state index is 0.0227. The third-order valence-corrected chi connectivity index (χ3v) is 6.57. The van der Waals surface area contributed by atoms with E-state index in [1.165, 1.54) is 11.8 Å². The van der Waals surface area contributed by atoms with E-state index in [4.69, 9.17) is 10.2 Å². The Kier molecular flexibility index (Phi) is 6.35. The maximum absolute atomic E-state index is 13.5. The number of fused-ring (bicyclic) bond motifs is 1. The highest BCUT2D eigenvalue weighted by Gasteiger charge is 2.29. The molecule has 1 N–H and O–H groups in total. The van der Waals surface area contributed by atoms with Crippen LogP contribution in [0.1, 0.15) is 23.3 Å². The van der Waals surface area contributed by atoms with Crippen LogP contribution in [0.2, 0.25) is 0 Å². The molecule has 0 spiro atoms. The molecule has 1 fully saturated rings. The molecule has 1 unspecified atom stereocenters. The number of piperazine rings is 1. The first-order valence-corrected chi connectivity index (χ1v) is 11.2. The summed E-state index contributed by atoms with van der Waals surface area (Å²) in [5.74, 6) is 0.0227. The van der Waals surface area contributed by atoms with Gasteiger partial charge in [0.25, 0.3) is 5.56 Å². The number of rotatable bonds is 5. The second-order valence-corrected chi connectivity index (χ2v) is 8.34. The summed E-state index contributed by atoms with van der Waals surface area (Å²) in [6.45, 7) is 5.16. The lowest BCUT2D eigenvalue weighted by molar-refractivity contribution is -0.131. The summed E-state index contributed by atoms with van der Waals surface area (Å²) in [4.78, 5) is 33.2. The van der Waals surface area contributed by atoms with E-state index in [0.29, 0.717) is 41.3 Å². The predicted molar refractivity (Wildman–Crippen MR) is 121 cm³/mol. The topological polar surface area (TPSA) is 91.0 Å². The fourth-order valence-electron chi connectivity index (χ4n) is 3.68. The molecule has 1 atom stereocenters. The summed E-state index contributed by atoms with van der Waals surface area (Å²) in [5.41, 5.74) is 1.63. The van der Waals surface area contributed by atoms with Gasteiger partial charge in [0.05, 0.1) is 22.5 Å². The molecule has 8 heteroatoms. The first kappa shape index (κ1) is 21.1. The zero-order chi connectivity index (χ0) is 21.8. The number of amides is 1. The first-order chi connectivity index (χ1) is 15.1. The maximum atomic E-state index is 13.5. The van der Waals surface area contributed by atoms with Gasteiger partial charge in [-0.1, -0.05) is 42.1 Å². The number of nitrogens with zero attached hydrogens (tertiary/aromatic N) is 4. The summed E-state index contributed by atoms with van der Waals surface area (Å²) in [7, 11) is 0. The second kappa shape index (κ2) is 9.33. The number of thioether (sulfide) groups is 1. The Morgan fingerprint density at radius 2 is 1.97 bits per heavy atom. The van der Waals surface area contributed by atoms with Crippen molar-refractivity contribution in [1.29, 1.82) is 5.26 Å². The Labute approximate surface area is 184 Å². The second-order valence-electron chi connectivity index (χ2n) is 7.27. The lowest BCUT2D eigenvalue weighted by atomic mass is 10.1. The lowest BCUT2D eigenvalue weighted by Gasteiger charge is -2.31. The third kappa shape index (κ3) is 4.33. The maximum Gasteiger partial charge on any atom is 0.262 e. The van der Waals surface area contributed by atoms with Crippen molar-refractivity contribution in [2.75, 3.05) is 26.2 Å². The van der Waals surface area contributed by atoms with Crippen LogP contribution in [0.25, 0.3) is 10.9 Å². The molecular formula is C23H23N5O2S. The molecular weight excluding hydrogens is 410 g/mol. The lowest BCUT2D eigenvalue weighted by Crippen LogP contribution is -2.47. The fourth-order valence-corrected chi connectivity index (χ4v) is 4.93. The van der Waals surface area contributed by atoms with Crippen LogP contribution < -0.4 is 10.9 Å². The summed E-state index contributed by atoms with van der Waals surface area (Å²) in [6, 6.07) is 16.6. The largest absolute Gasteiger partial charge is 0.339 e. The van der Waals surface area contributed by atoms with Crippen LogP contribution in [-0.2, 0) is 11.3 Å². The van der Waals surface area contributed by atoms with Gasteiger partial charge in [-0.2, -0.15) is 5.26 Å². The monoisotopic (exact) mass is 433 g/mol. The zero-order valence-electron chi connectivity index (χ0n) is 17.2. The Bertz CT molecular complexity index is 1200. The van der Waals surface area contributed by atoms with E-state index in [1.54, 1.807) is 22.8 Å². The third-order valence-electron chi connectivity index (χ3n) is 5.34. The van der Waals surface area contributed by atoms with Crippen molar-refractivity contribution in [3.63, 3.8) is 0 Å². The number of nitriles is 1. The molecule has 1 aliphatic heterocycles. The average molecular weight is 434 g/mol. The molecule has 158 valence electrons. The van der Waals surface area contributed by atoms with Gasteiger partial charge in [-0.15, -0.1) is 0 Å². The quantitative estimate of drug-likeness (QED) is 0.491. The van der Waals surface area contributed by atoms with E-state index >= 15 is 0 Å². The van der Waals surface area contributed by atoms with Crippen LogP contribution in [0, 0.1) is 11.3 Å². The number of carbonyl (C=O) groups excluding carboxylic acids is 1. The number of nitrogens with one attached hydrogen (secondary N) is 1. The normalized spacial score (nSPS) is 14.9. The van der Waals surface area contributed by atoms with Gasteiger partial charge >= 0.3 is 0 Å². The van der Waals surface area contributed by atoms with Crippen molar-refractivity contribution >= 4 is 28.6 Å². The minimum atomic E-state index is -0.500. The highest BCUT2D eigenvalue weighted by Crippen LogP contribution is 2.36. The zero-order valence-corrected chi connectivity index (χ0v) is 18.1.